The van der Waals surface area contributed by atoms with E-state index in [-0.39, 0.29) is 82.1 Å². The number of hydrogen-bond acceptors (Lipinski definition) is 9. The molecular weight excluding hydrogens is 574 g/mol. The number of aliphatic carboxylic acids is 1. The summed E-state index contributed by atoms with van der Waals surface area (Å²) in [6, 6.07) is 5.66. The van der Waals surface area contributed by atoms with Gasteiger partial charge in [0.05, 0.1) is 12.1 Å². The number of ether oxygens (including phenoxy) is 2. The van der Waals surface area contributed by atoms with Crippen molar-refractivity contribution in [3.63, 3.8) is 0 Å². The molecule has 0 radical (unpaired) electrons. The Hall–Kier alpha value is -4.46. The Bertz CT molecular complexity index is 1390. The van der Waals surface area contributed by atoms with E-state index >= 15 is 0 Å². The summed E-state index contributed by atoms with van der Waals surface area (Å²) >= 11 is 0. The third-order valence-corrected chi connectivity index (χ3v) is 7.78. The zero-order chi connectivity index (χ0) is 31.8. The summed E-state index contributed by atoms with van der Waals surface area (Å²) in [5.74, 6) is -2.23. The standard InChI is InChI=1S/C30H39N5O9/c1-3-43-30(42)34-12-10-33(11-13-34)29(41)22(6-7-27(38)39)32-28(40)24-15-25(21-5-4-19(2)14-23(21)31-24)44-18-26(37)35-9-8-20(16-35)17-36/h4-5,14-15,20,22,36H,3,6-13,16-18H2,1-2H3,(H,32,40)(H,38,39). The molecule has 0 aliphatic carbocycles. The Balaban J connectivity index is 1.50. The highest BCUT2D eigenvalue weighted by Crippen LogP contribution is 2.27. The van der Waals surface area contributed by atoms with Crippen molar-refractivity contribution >= 4 is 40.7 Å². The van der Waals surface area contributed by atoms with Gasteiger partial charge < -0.3 is 39.7 Å². The molecule has 1 aromatic carbocycles. The zero-order valence-electron chi connectivity index (χ0n) is 25.0. The maximum absolute atomic E-state index is 13.5. The fraction of sp³-hybridized carbons (Fsp3) is 0.533. The van der Waals surface area contributed by atoms with Crippen LogP contribution in [0.1, 0.15) is 42.2 Å². The van der Waals surface area contributed by atoms with E-state index in [4.69, 9.17) is 9.47 Å². The van der Waals surface area contributed by atoms with Crippen LogP contribution < -0.4 is 10.1 Å². The van der Waals surface area contributed by atoms with Crippen molar-refractivity contribution < 1.29 is 43.7 Å². The maximum atomic E-state index is 13.5. The van der Waals surface area contributed by atoms with Crippen molar-refractivity contribution in [3.8, 4) is 5.75 Å². The van der Waals surface area contributed by atoms with Gasteiger partial charge in [-0.2, -0.15) is 0 Å². The first-order valence-electron chi connectivity index (χ1n) is 14.8. The molecule has 2 aliphatic heterocycles. The van der Waals surface area contributed by atoms with Crippen LogP contribution in [0.2, 0.25) is 0 Å². The van der Waals surface area contributed by atoms with Crippen molar-refractivity contribution in [2.45, 2.75) is 39.2 Å². The van der Waals surface area contributed by atoms with Crippen LogP contribution in [0.3, 0.4) is 0 Å². The number of carboxylic acids is 1. The Morgan fingerprint density at radius 2 is 1.77 bits per heavy atom. The van der Waals surface area contributed by atoms with E-state index in [9.17, 15) is 34.2 Å². The van der Waals surface area contributed by atoms with E-state index in [1.807, 2.05) is 13.0 Å². The number of likely N-dealkylation sites (tertiary alicyclic amines) is 1. The molecule has 4 rings (SSSR count). The van der Waals surface area contributed by atoms with Gasteiger partial charge in [0.15, 0.2) is 6.61 Å². The van der Waals surface area contributed by atoms with E-state index in [2.05, 4.69) is 10.3 Å². The lowest BCUT2D eigenvalue weighted by molar-refractivity contribution is -0.138. The van der Waals surface area contributed by atoms with Crippen LogP contribution in [-0.4, -0.2) is 125 Å². The molecule has 0 saturated carbocycles. The monoisotopic (exact) mass is 613 g/mol. The maximum Gasteiger partial charge on any atom is 0.409 e. The summed E-state index contributed by atoms with van der Waals surface area (Å²) < 4.78 is 10.9. The second-order valence-electron chi connectivity index (χ2n) is 11.0. The number of aliphatic hydroxyl groups excluding tert-OH is 1. The Labute approximate surface area is 254 Å². The number of aliphatic hydroxyl groups is 1. The third-order valence-electron chi connectivity index (χ3n) is 7.78. The van der Waals surface area contributed by atoms with Gasteiger partial charge >= 0.3 is 12.1 Å². The van der Waals surface area contributed by atoms with Crippen molar-refractivity contribution in [1.82, 2.24) is 25.0 Å². The van der Waals surface area contributed by atoms with E-state index in [0.29, 0.717) is 30.4 Å². The van der Waals surface area contributed by atoms with Crippen LogP contribution in [0.25, 0.3) is 10.9 Å². The van der Waals surface area contributed by atoms with Crippen molar-refractivity contribution in [2.24, 2.45) is 5.92 Å². The largest absolute Gasteiger partial charge is 0.483 e. The van der Waals surface area contributed by atoms with Crippen LogP contribution in [-0.2, 0) is 19.1 Å². The summed E-state index contributed by atoms with van der Waals surface area (Å²) in [4.78, 5) is 72.2. The van der Waals surface area contributed by atoms with Crippen molar-refractivity contribution in [2.75, 3.05) is 59.1 Å². The smallest absolute Gasteiger partial charge is 0.409 e. The quantitative estimate of drug-likeness (QED) is 0.331. The average Bonchev–Trinajstić information content (AvgIpc) is 3.50. The molecule has 44 heavy (non-hydrogen) atoms. The third kappa shape index (κ3) is 8.13. The molecule has 2 saturated heterocycles. The average molecular weight is 614 g/mol. The van der Waals surface area contributed by atoms with Gasteiger partial charge in [-0.05, 0) is 44.4 Å². The normalized spacial score (nSPS) is 17.3. The van der Waals surface area contributed by atoms with Crippen molar-refractivity contribution in [3.05, 3.63) is 35.5 Å². The van der Waals surface area contributed by atoms with Gasteiger partial charge in [-0.25, -0.2) is 9.78 Å². The highest BCUT2D eigenvalue weighted by Gasteiger charge is 2.31. The first-order valence-corrected chi connectivity index (χ1v) is 14.8. The number of nitrogens with zero attached hydrogens (tertiary/aromatic N) is 4. The van der Waals surface area contributed by atoms with Crippen LogP contribution in [0.15, 0.2) is 24.3 Å². The van der Waals surface area contributed by atoms with E-state index in [1.165, 1.54) is 15.9 Å². The molecule has 4 amide bonds. The number of pyridine rings is 1. The fourth-order valence-corrected chi connectivity index (χ4v) is 5.28. The van der Waals surface area contributed by atoms with Gasteiger partial charge in [0.1, 0.15) is 17.5 Å². The minimum absolute atomic E-state index is 0.0111. The Morgan fingerprint density at radius 3 is 2.43 bits per heavy atom. The molecule has 0 bridgehead atoms. The Morgan fingerprint density at radius 1 is 1.05 bits per heavy atom. The first-order chi connectivity index (χ1) is 21.1. The Kier molecular flexibility index (Phi) is 10.9. The lowest BCUT2D eigenvalue weighted by Gasteiger charge is -2.35. The molecule has 14 heteroatoms. The molecule has 2 fully saturated rings. The number of amides is 4. The number of fused-ring (bicyclic) bond motifs is 1. The molecule has 2 aliphatic rings. The van der Waals surface area contributed by atoms with Gasteiger partial charge in [-0.1, -0.05) is 6.07 Å². The summed E-state index contributed by atoms with van der Waals surface area (Å²) in [5, 5.41) is 21.9. The molecular formula is C30H39N5O9. The van der Waals surface area contributed by atoms with Gasteiger partial charge in [-0.3, -0.25) is 19.2 Å². The van der Waals surface area contributed by atoms with E-state index in [0.717, 1.165) is 5.56 Å². The molecule has 2 aromatic rings. The number of piperazine rings is 1. The van der Waals surface area contributed by atoms with Gasteiger partial charge in [0.2, 0.25) is 5.91 Å². The number of rotatable bonds is 11. The number of carbonyl (C=O) groups is 5. The number of aryl methyl sites for hydroxylation is 1. The molecule has 2 atom stereocenters. The van der Waals surface area contributed by atoms with Gasteiger partial charge in [-0.15, -0.1) is 0 Å². The molecule has 14 nitrogen and oxygen atoms in total. The van der Waals surface area contributed by atoms with Crippen LogP contribution in [0, 0.1) is 12.8 Å². The fourth-order valence-electron chi connectivity index (χ4n) is 5.28. The van der Waals surface area contributed by atoms with E-state index in [1.54, 1.807) is 24.0 Å². The summed E-state index contributed by atoms with van der Waals surface area (Å²) in [5.41, 5.74) is 1.27. The SMILES string of the molecule is CCOC(=O)N1CCN(C(=O)C(CCC(=O)O)NC(=O)c2cc(OCC(=O)N3CCC(CO)C3)c3ccc(C)cc3n2)CC1. The predicted octanol–water partition coefficient (Wildman–Crippen LogP) is 1.03. The first kappa shape index (κ1) is 32.5. The highest BCUT2D eigenvalue weighted by atomic mass is 16.6. The van der Waals surface area contributed by atoms with Crippen LogP contribution >= 0.6 is 0 Å². The number of hydrogen-bond donors (Lipinski definition) is 3. The number of benzene rings is 1. The topological polar surface area (TPSA) is 179 Å². The molecule has 0 spiro atoms. The minimum atomic E-state index is -1.15. The molecule has 2 unspecified atom stereocenters. The predicted molar refractivity (Wildman–Crippen MR) is 157 cm³/mol. The highest BCUT2D eigenvalue weighted by molar-refractivity contribution is 5.99. The minimum Gasteiger partial charge on any atom is -0.483 e. The second kappa shape index (κ2) is 14.8. The lowest BCUT2D eigenvalue weighted by Crippen LogP contribution is -2.56. The number of nitrogens with one attached hydrogen (secondary N) is 1. The number of carboxylic acid groups (broad SMARTS) is 1. The molecule has 238 valence electrons. The van der Waals surface area contributed by atoms with Gasteiger partial charge in [0.25, 0.3) is 11.8 Å². The molecule has 3 heterocycles. The summed E-state index contributed by atoms with van der Waals surface area (Å²) in [7, 11) is 0. The molecule has 1 aromatic heterocycles. The zero-order valence-corrected chi connectivity index (χ0v) is 25.0. The van der Waals surface area contributed by atoms with E-state index < -0.39 is 29.9 Å². The van der Waals surface area contributed by atoms with Crippen LogP contribution in [0.4, 0.5) is 4.79 Å². The lowest BCUT2D eigenvalue weighted by atomic mass is 10.1. The number of carbonyl (C=O) groups excluding carboxylic acids is 4. The second-order valence-corrected chi connectivity index (χ2v) is 11.0. The summed E-state index contributed by atoms with van der Waals surface area (Å²) in [6.45, 7) is 5.41. The van der Waals surface area contributed by atoms with Gasteiger partial charge in [0, 0.05) is 69.7 Å². The number of aromatic nitrogens is 1. The van der Waals surface area contributed by atoms with Crippen molar-refractivity contribution in [1.29, 1.82) is 0 Å². The molecule has 3 N–H and O–H groups in total. The summed E-state index contributed by atoms with van der Waals surface area (Å²) in [6.07, 6.45) is -0.254. The van der Waals surface area contributed by atoms with Crippen LogP contribution in [0.5, 0.6) is 5.75 Å².